The average molecular weight is 353 g/mol. The molecule has 0 aliphatic carbocycles. The topological polar surface area (TPSA) is 111 Å². The van der Waals surface area contributed by atoms with Crippen molar-refractivity contribution in [2.45, 2.75) is 34.1 Å². The van der Waals surface area contributed by atoms with E-state index in [4.69, 9.17) is 20.4 Å². The van der Waals surface area contributed by atoms with E-state index in [1.54, 1.807) is 39.2 Å². The minimum absolute atomic E-state index is 0.156. The van der Waals surface area contributed by atoms with Crippen LogP contribution in [-0.4, -0.2) is 51.2 Å². The van der Waals surface area contributed by atoms with Gasteiger partial charge in [-0.25, -0.2) is 4.79 Å². The summed E-state index contributed by atoms with van der Waals surface area (Å²) in [4.78, 5) is 13.9. The maximum absolute atomic E-state index is 10.1. The van der Waals surface area contributed by atoms with Crippen LogP contribution >= 0.6 is 0 Å². The predicted octanol–water partition coefficient (Wildman–Crippen LogP) is 2.51. The van der Waals surface area contributed by atoms with Crippen LogP contribution in [0.2, 0.25) is 0 Å². The fourth-order valence-electron chi connectivity index (χ4n) is 1.20. The quantitative estimate of drug-likeness (QED) is 0.585. The normalized spacial score (nSPS) is 9.72. The Hall–Kier alpha value is -2.02. The summed E-state index contributed by atoms with van der Waals surface area (Å²) in [5, 5.41) is 34.3. The molecule has 0 fully saturated rings. The zero-order valence-corrected chi connectivity index (χ0v) is 15.6. The number of hydrogen-bond donors (Lipinski definition) is 4. The highest BCUT2D eigenvalue weighted by molar-refractivity contribution is 5.86. The average Bonchev–Trinajstić information content (AvgIpc) is 2.65. The summed E-state index contributed by atoms with van der Waals surface area (Å²) >= 11 is 0. The third kappa shape index (κ3) is 11.2. The van der Waals surface area contributed by atoms with Gasteiger partial charge in [0.05, 0.1) is 19.8 Å². The van der Waals surface area contributed by atoms with E-state index in [-0.39, 0.29) is 19.8 Å². The van der Waals surface area contributed by atoms with Crippen molar-refractivity contribution in [1.82, 2.24) is 4.98 Å². The van der Waals surface area contributed by atoms with E-state index in [2.05, 4.69) is 11.6 Å². The molecule has 25 heavy (non-hydrogen) atoms. The lowest BCUT2D eigenvalue weighted by Gasteiger charge is -2.24. The number of carboxylic acids is 1. The molecule has 0 aromatic carbocycles. The molecule has 1 heterocycles. The Labute approximate surface area is 150 Å². The number of carboxylic acid groups (broad SMARTS) is 1. The first-order valence-corrected chi connectivity index (χ1v) is 7.96. The molecule has 1 aromatic heterocycles. The summed E-state index contributed by atoms with van der Waals surface area (Å²) in [7, 11) is 0. The molecule has 6 nitrogen and oxygen atoms in total. The number of aliphatic hydroxyl groups is 3. The van der Waals surface area contributed by atoms with Gasteiger partial charge in [-0.15, -0.1) is 0 Å². The van der Waals surface area contributed by atoms with Crippen LogP contribution in [0.4, 0.5) is 0 Å². The number of aliphatic carboxylic acids is 1. The molecule has 0 radical (unpaired) electrons. The summed E-state index contributed by atoms with van der Waals surface area (Å²) in [5.74, 6) is -0.829. The first-order valence-electron chi connectivity index (χ1n) is 7.96. The van der Waals surface area contributed by atoms with Gasteiger partial charge >= 0.3 is 5.97 Å². The monoisotopic (exact) mass is 353 g/mol. The van der Waals surface area contributed by atoms with Crippen LogP contribution < -0.4 is 0 Å². The number of allylic oxidation sites excluding steroid dienone is 1. The van der Waals surface area contributed by atoms with Crippen LogP contribution in [0.1, 0.15) is 39.7 Å². The summed E-state index contributed by atoms with van der Waals surface area (Å²) < 4.78 is 0. The second-order valence-electron chi connectivity index (χ2n) is 5.74. The third-order valence-electron chi connectivity index (χ3n) is 3.77. The van der Waals surface area contributed by atoms with E-state index in [1.807, 2.05) is 19.1 Å². The van der Waals surface area contributed by atoms with Gasteiger partial charge in [0, 0.05) is 23.4 Å². The zero-order valence-electron chi connectivity index (χ0n) is 15.6. The van der Waals surface area contributed by atoms with Crippen molar-refractivity contribution in [3.8, 4) is 0 Å². The highest BCUT2D eigenvalue weighted by atomic mass is 16.4. The molecule has 0 atom stereocenters. The summed E-state index contributed by atoms with van der Waals surface area (Å²) in [6.07, 6.45) is 5.88. The van der Waals surface area contributed by atoms with Crippen molar-refractivity contribution in [2.24, 2.45) is 5.41 Å². The second-order valence-corrected chi connectivity index (χ2v) is 5.74. The molecule has 1 rings (SSSR count). The second kappa shape index (κ2) is 14.3. The number of aromatic nitrogens is 1. The van der Waals surface area contributed by atoms with E-state index < -0.39 is 11.4 Å². The van der Waals surface area contributed by atoms with E-state index in [0.29, 0.717) is 12.0 Å². The molecule has 0 aliphatic heterocycles. The minimum atomic E-state index is -0.829. The van der Waals surface area contributed by atoms with Crippen molar-refractivity contribution < 1.29 is 25.2 Å². The van der Waals surface area contributed by atoms with Crippen molar-refractivity contribution in [2.75, 3.05) is 19.8 Å². The van der Waals surface area contributed by atoms with Crippen LogP contribution in [-0.2, 0) is 4.79 Å². The summed E-state index contributed by atoms with van der Waals surface area (Å²) in [6, 6.07) is 3.82. The van der Waals surface area contributed by atoms with Crippen molar-refractivity contribution in [3.63, 3.8) is 0 Å². The molecule has 0 spiro atoms. The Bertz CT molecular complexity index is 500. The van der Waals surface area contributed by atoms with Crippen molar-refractivity contribution >= 4 is 12.0 Å². The summed E-state index contributed by atoms with van der Waals surface area (Å²) in [6.45, 7) is 10.1. The molecule has 1 aromatic rings. The van der Waals surface area contributed by atoms with Gasteiger partial charge < -0.3 is 20.4 Å². The Morgan fingerprint density at radius 3 is 1.68 bits per heavy atom. The van der Waals surface area contributed by atoms with Gasteiger partial charge in [0.1, 0.15) is 0 Å². The van der Waals surface area contributed by atoms with Gasteiger partial charge in [-0.2, -0.15) is 0 Å². The fourth-order valence-corrected chi connectivity index (χ4v) is 1.20. The molecule has 0 unspecified atom stereocenters. The molecule has 0 amide bonds. The van der Waals surface area contributed by atoms with Gasteiger partial charge in [-0.1, -0.05) is 25.2 Å². The van der Waals surface area contributed by atoms with Crippen LogP contribution in [0.5, 0.6) is 0 Å². The largest absolute Gasteiger partial charge is 0.478 e. The molecular weight excluding hydrogens is 322 g/mol. The first-order chi connectivity index (χ1) is 11.7. The zero-order chi connectivity index (χ0) is 19.9. The minimum Gasteiger partial charge on any atom is -0.478 e. The highest BCUT2D eigenvalue weighted by Gasteiger charge is 2.24. The molecule has 0 saturated carbocycles. The molecule has 0 aliphatic rings. The van der Waals surface area contributed by atoms with Crippen LogP contribution in [0.15, 0.2) is 42.3 Å². The highest BCUT2D eigenvalue weighted by Crippen LogP contribution is 2.18. The standard InChI is InChI=1S/C7H7N.C6H14O3.C6H10O2/c1-2-7-3-5-8-6-4-7;1-2-6(3-7,4-8)5-9;1-4(2)5(3)6(7)8/h2-6H,1H2;7-9H,2-5H2,1H3;1-3H3,(H,7,8). The van der Waals surface area contributed by atoms with E-state index in [0.717, 1.165) is 11.1 Å². The molecule has 6 heteroatoms. The number of carbonyl (C=O) groups is 1. The molecule has 0 saturated heterocycles. The number of hydrogen-bond acceptors (Lipinski definition) is 5. The predicted molar refractivity (Wildman–Crippen MR) is 100.0 cm³/mol. The lowest BCUT2D eigenvalue weighted by molar-refractivity contribution is -0.132. The molecule has 0 bridgehead atoms. The number of pyridine rings is 1. The van der Waals surface area contributed by atoms with E-state index in [1.165, 1.54) is 0 Å². The number of rotatable bonds is 6. The van der Waals surface area contributed by atoms with Gasteiger partial charge in [0.2, 0.25) is 0 Å². The molecule has 4 N–H and O–H groups in total. The SMILES string of the molecule is C=Cc1ccncc1.CC(C)=C(C)C(=O)O.CCC(CO)(CO)CO. The lowest BCUT2D eigenvalue weighted by atomic mass is 9.88. The lowest BCUT2D eigenvalue weighted by Crippen LogP contribution is -2.32. The van der Waals surface area contributed by atoms with Crippen LogP contribution in [0.3, 0.4) is 0 Å². The smallest absolute Gasteiger partial charge is 0.331 e. The van der Waals surface area contributed by atoms with Gasteiger partial charge in [0.15, 0.2) is 0 Å². The van der Waals surface area contributed by atoms with E-state index >= 15 is 0 Å². The Morgan fingerprint density at radius 2 is 1.56 bits per heavy atom. The Balaban J connectivity index is 0. The first kappa shape index (κ1) is 25.2. The molecular formula is C19H31NO5. The third-order valence-corrected chi connectivity index (χ3v) is 3.77. The van der Waals surface area contributed by atoms with E-state index in [9.17, 15) is 4.79 Å². The van der Waals surface area contributed by atoms with Gasteiger partial charge in [0.25, 0.3) is 0 Å². The Morgan fingerprint density at radius 1 is 1.12 bits per heavy atom. The number of nitrogens with zero attached hydrogens (tertiary/aromatic N) is 1. The maximum Gasteiger partial charge on any atom is 0.331 e. The van der Waals surface area contributed by atoms with Crippen molar-refractivity contribution in [1.29, 1.82) is 0 Å². The summed E-state index contributed by atoms with van der Waals surface area (Å²) in [5.41, 5.74) is 1.74. The number of aliphatic hydroxyl groups excluding tert-OH is 3. The van der Waals surface area contributed by atoms with Crippen LogP contribution in [0, 0.1) is 5.41 Å². The maximum atomic E-state index is 10.1. The van der Waals surface area contributed by atoms with Gasteiger partial charge in [-0.3, -0.25) is 4.98 Å². The van der Waals surface area contributed by atoms with Gasteiger partial charge in [-0.05, 0) is 44.9 Å². The molecule has 142 valence electrons. The Kier molecular flexibility index (Phi) is 14.5. The van der Waals surface area contributed by atoms with Crippen molar-refractivity contribution in [3.05, 3.63) is 47.8 Å². The van der Waals surface area contributed by atoms with Crippen LogP contribution in [0.25, 0.3) is 6.08 Å². The fraction of sp³-hybridized carbons (Fsp3) is 0.474.